The summed E-state index contributed by atoms with van der Waals surface area (Å²) < 4.78 is 0. The van der Waals surface area contributed by atoms with Gasteiger partial charge in [0.25, 0.3) is 0 Å². The average molecular weight is 248 g/mol. The molecule has 102 valence electrons. The van der Waals surface area contributed by atoms with E-state index in [4.69, 9.17) is 0 Å². The Morgan fingerprint density at radius 3 is 2.72 bits per heavy atom. The van der Waals surface area contributed by atoms with E-state index >= 15 is 0 Å². The summed E-state index contributed by atoms with van der Waals surface area (Å²) in [4.78, 5) is 2.42. The highest BCUT2D eigenvalue weighted by molar-refractivity contribution is 5.21. The van der Waals surface area contributed by atoms with Gasteiger partial charge in [0.2, 0.25) is 0 Å². The van der Waals surface area contributed by atoms with Crippen LogP contribution >= 0.6 is 0 Å². The Kier molecular flexibility index (Phi) is 7.70. The summed E-state index contributed by atoms with van der Waals surface area (Å²) in [6.45, 7) is 8.83. The smallest absolute Gasteiger partial charge is 0.0230 e. The van der Waals surface area contributed by atoms with E-state index in [-0.39, 0.29) is 0 Å². The molecule has 18 heavy (non-hydrogen) atoms. The zero-order valence-corrected chi connectivity index (χ0v) is 12.2. The van der Waals surface area contributed by atoms with Gasteiger partial charge in [0.05, 0.1) is 0 Å². The molecule has 0 radical (unpaired) electrons. The van der Waals surface area contributed by atoms with Gasteiger partial charge in [-0.1, -0.05) is 43.2 Å². The lowest BCUT2D eigenvalue weighted by molar-refractivity contribution is 0.317. The van der Waals surface area contributed by atoms with Crippen molar-refractivity contribution in [1.82, 2.24) is 10.2 Å². The van der Waals surface area contributed by atoms with Gasteiger partial charge in [0.15, 0.2) is 0 Å². The SMILES string of the molecule is CCNCCCCCN(C)Cc1cccc(C)c1. The molecular weight excluding hydrogens is 220 g/mol. The molecule has 0 heterocycles. The van der Waals surface area contributed by atoms with Crippen LogP contribution in [0.25, 0.3) is 0 Å². The largest absolute Gasteiger partial charge is 0.317 e. The van der Waals surface area contributed by atoms with E-state index in [1.165, 1.54) is 36.9 Å². The Morgan fingerprint density at radius 1 is 1.17 bits per heavy atom. The van der Waals surface area contributed by atoms with Crippen molar-refractivity contribution in [3.8, 4) is 0 Å². The maximum Gasteiger partial charge on any atom is 0.0230 e. The molecule has 0 fully saturated rings. The van der Waals surface area contributed by atoms with Gasteiger partial charge in [-0.15, -0.1) is 0 Å². The first-order valence-electron chi connectivity index (χ1n) is 7.17. The van der Waals surface area contributed by atoms with E-state index in [0.29, 0.717) is 0 Å². The van der Waals surface area contributed by atoms with Gasteiger partial charge in [0.1, 0.15) is 0 Å². The van der Waals surface area contributed by atoms with Crippen molar-refractivity contribution in [3.63, 3.8) is 0 Å². The number of aryl methyl sites for hydroxylation is 1. The second-order valence-corrected chi connectivity index (χ2v) is 5.14. The molecule has 0 saturated heterocycles. The summed E-state index contributed by atoms with van der Waals surface area (Å²) in [5, 5.41) is 3.37. The van der Waals surface area contributed by atoms with Crippen LogP contribution in [0.4, 0.5) is 0 Å². The molecule has 0 saturated carbocycles. The number of hydrogen-bond donors (Lipinski definition) is 1. The molecule has 2 nitrogen and oxygen atoms in total. The van der Waals surface area contributed by atoms with E-state index in [0.717, 1.165) is 19.6 Å². The third-order valence-electron chi connectivity index (χ3n) is 3.18. The van der Waals surface area contributed by atoms with Crippen LogP contribution in [-0.4, -0.2) is 31.6 Å². The Hall–Kier alpha value is -0.860. The lowest BCUT2D eigenvalue weighted by Crippen LogP contribution is -2.19. The number of hydrogen-bond acceptors (Lipinski definition) is 2. The van der Waals surface area contributed by atoms with E-state index < -0.39 is 0 Å². The van der Waals surface area contributed by atoms with Crippen LogP contribution in [0.1, 0.15) is 37.3 Å². The zero-order chi connectivity index (χ0) is 13.2. The topological polar surface area (TPSA) is 15.3 Å². The first-order chi connectivity index (χ1) is 8.72. The van der Waals surface area contributed by atoms with Crippen LogP contribution < -0.4 is 5.32 Å². The van der Waals surface area contributed by atoms with E-state index in [1.807, 2.05) is 0 Å². The lowest BCUT2D eigenvalue weighted by atomic mass is 10.1. The van der Waals surface area contributed by atoms with Crippen molar-refractivity contribution in [2.75, 3.05) is 26.7 Å². The standard InChI is InChI=1S/C16H28N2/c1-4-17-11-6-5-7-12-18(3)14-16-10-8-9-15(2)13-16/h8-10,13,17H,4-7,11-12,14H2,1-3H3. The van der Waals surface area contributed by atoms with Crippen molar-refractivity contribution in [2.45, 2.75) is 39.7 Å². The molecular formula is C16H28N2. The van der Waals surface area contributed by atoms with Crippen LogP contribution in [0.15, 0.2) is 24.3 Å². The Morgan fingerprint density at radius 2 is 2.00 bits per heavy atom. The average Bonchev–Trinajstić information content (AvgIpc) is 2.33. The highest BCUT2D eigenvalue weighted by atomic mass is 15.1. The molecule has 1 aromatic carbocycles. The van der Waals surface area contributed by atoms with Crippen LogP contribution in [0, 0.1) is 6.92 Å². The number of nitrogens with one attached hydrogen (secondary N) is 1. The predicted octanol–water partition coefficient (Wildman–Crippen LogP) is 3.21. The second-order valence-electron chi connectivity index (χ2n) is 5.14. The van der Waals surface area contributed by atoms with Crippen molar-refractivity contribution in [1.29, 1.82) is 0 Å². The minimum Gasteiger partial charge on any atom is -0.317 e. The molecule has 0 amide bonds. The van der Waals surface area contributed by atoms with Crippen molar-refractivity contribution in [2.24, 2.45) is 0 Å². The fraction of sp³-hybridized carbons (Fsp3) is 0.625. The van der Waals surface area contributed by atoms with Gasteiger partial charge in [-0.2, -0.15) is 0 Å². The molecule has 1 aromatic rings. The van der Waals surface area contributed by atoms with Crippen molar-refractivity contribution in [3.05, 3.63) is 35.4 Å². The summed E-state index contributed by atoms with van der Waals surface area (Å²) in [5.74, 6) is 0. The summed E-state index contributed by atoms with van der Waals surface area (Å²) in [5.41, 5.74) is 2.77. The quantitative estimate of drug-likeness (QED) is 0.675. The van der Waals surface area contributed by atoms with E-state index in [9.17, 15) is 0 Å². The first-order valence-corrected chi connectivity index (χ1v) is 7.17. The Balaban J connectivity index is 2.12. The highest BCUT2D eigenvalue weighted by Crippen LogP contribution is 2.07. The number of unbranched alkanes of at least 4 members (excludes halogenated alkanes) is 2. The van der Waals surface area contributed by atoms with Crippen molar-refractivity contribution < 1.29 is 0 Å². The van der Waals surface area contributed by atoms with Gasteiger partial charge in [-0.05, 0) is 52.0 Å². The third kappa shape index (κ3) is 6.77. The molecule has 0 aliphatic carbocycles. The van der Waals surface area contributed by atoms with Gasteiger partial charge in [-0.25, -0.2) is 0 Å². The molecule has 1 N–H and O–H groups in total. The number of benzene rings is 1. The molecule has 2 heteroatoms. The van der Waals surface area contributed by atoms with Gasteiger partial charge in [-0.3, -0.25) is 0 Å². The molecule has 0 bridgehead atoms. The van der Waals surface area contributed by atoms with Gasteiger partial charge in [0, 0.05) is 6.54 Å². The lowest BCUT2D eigenvalue weighted by Gasteiger charge is -2.16. The molecule has 0 unspecified atom stereocenters. The summed E-state index contributed by atoms with van der Waals surface area (Å²) in [6, 6.07) is 8.80. The monoisotopic (exact) mass is 248 g/mol. The van der Waals surface area contributed by atoms with Crippen molar-refractivity contribution >= 4 is 0 Å². The minimum absolute atomic E-state index is 1.06. The zero-order valence-electron chi connectivity index (χ0n) is 12.2. The molecule has 0 aromatic heterocycles. The van der Waals surface area contributed by atoms with Crippen LogP contribution in [0.2, 0.25) is 0 Å². The summed E-state index contributed by atoms with van der Waals surface area (Å²) in [7, 11) is 2.21. The first kappa shape index (κ1) is 15.2. The molecule has 0 atom stereocenters. The highest BCUT2D eigenvalue weighted by Gasteiger charge is 2.00. The maximum absolute atomic E-state index is 3.37. The number of rotatable bonds is 9. The van der Waals surface area contributed by atoms with Gasteiger partial charge < -0.3 is 10.2 Å². The fourth-order valence-electron chi connectivity index (χ4n) is 2.19. The van der Waals surface area contributed by atoms with Gasteiger partial charge >= 0.3 is 0 Å². The summed E-state index contributed by atoms with van der Waals surface area (Å²) >= 11 is 0. The Labute approximate surface area is 112 Å². The minimum atomic E-state index is 1.06. The molecule has 0 aliphatic heterocycles. The maximum atomic E-state index is 3.37. The van der Waals surface area contributed by atoms with Crippen LogP contribution in [-0.2, 0) is 6.54 Å². The molecule has 0 spiro atoms. The molecule has 0 aliphatic rings. The van der Waals surface area contributed by atoms with E-state index in [1.54, 1.807) is 0 Å². The number of nitrogens with zero attached hydrogens (tertiary/aromatic N) is 1. The van der Waals surface area contributed by atoms with E-state index in [2.05, 4.69) is 55.4 Å². The predicted molar refractivity (Wildman–Crippen MR) is 79.9 cm³/mol. The Bertz CT molecular complexity index is 323. The van der Waals surface area contributed by atoms with Crippen LogP contribution in [0.3, 0.4) is 0 Å². The molecule has 1 rings (SSSR count). The summed E-state index contributed by atoms with van der Waals surface area (Å²) in [6.07, 6.45) is 3.92. The fourth-order valence-corrected chi connectivity index (χ4v) is 2.19. The third-order valence-corrected chi connectivity index (χ3v) is 3.18. The normalized spacial score (nSPS) is 11.1. The van der Waals surface area contributed by atoms with Crippen LogP contribution in [0.5, 0.6) is 0 Å². The second kappa shape index (κ2) is 9.12.